The fourth-order valence-corrected chi connectivity index (χ4v) is 3.66. The van der Waals surface area contributed by atoms with Gasteiger partial charge in [0.25, 0.3) is 5.91 Å². The van der Waals surface area contributed by atoms with E-state index in [0.717, 1.165) is 22.3 Å². The van der Waals surface area contributed by atoms with E-state index >= 15 is 0 Å². The molecule has 2 aliphatic rings. The summed E-state index contributed by atoms with van der Waals surface area (Å²) in [7, 11) is 0. The van der Waals surface area contributed by atoms with Gasteiger partial charge in [-0.2, -0.15) is 5.10 Å². The highest BCUT2D eigenvalue weighted by Gasteiger charge is 2.42. The molecule has 5 nitrogen and oxygen atoms in total. The van der Waals surface area contributed by atoms with Crippen molar-refractivity contribution >= 4 is 16.9 Å². The summed E-state index contributed by atoms with van der Waals surface area (Å²) in [5, 5.41) is 8.70. The van der Waals surface area contributed by atoms with Crippen LogP contribution in [-0.4, -0.2) is 26.7 Å². The number of carbonyl (C=O) groups is 1. The third-order valence-corrected chi connectivity index (χ3v) is 5.47. The lowest BCUT2D eigenvalue weighted by Crippen LogP contribution is -2.38. The molecule has 1 N–H and O–H groups in total. The average molecular weight is 340 g/mol. The summed E-state index contributed by atoms with van der Waals surface area (Å²) in [6.07, 6.45) is 6.83. The lowest BCUT2D eigenvalue weighted by Gasteiger charge is -2.18. The van der Waals surface area contributed by atoms with Crippen LogP contribution < -0.4 is 5.32 Å². The molecule has 0 aliphatic heterocycles. The summed E-state index contributed by atoms with van der Waals surface area (Å²) < 4.78 is 1.91. The third-order valence-electron chi connectivity index (χ3n) is 5.47. The molecule has 5 heteroatoms. The van der Waals surface area contributed by atoms with Crippen LogP contribution in [0.25, 0.3) is 11.0 Å². The summed E-state index contributed by atoms with van der Waals surface area (Å²) >= 11 is 0. The molecule has 0 unspecified atom stereocenters. The number of nitrogens with one attached hydrogen (secondary N) is 1. The van der Waals surface area contributed by atoms with E-state index in [1.165, 1.54) is 25.7 Å². The molecule has 0 radical (unpaired) electrons. The summed E-state index contributed by atoms with van der Waals surface area (Å²) in [5.41, 5.74) is 2.50. The summed E-state index contributed by atoms with van der Waals surface area (Å²) in [6, 6.07) is 2.54. The maximum Gasteiger partial charge on any atom is 0.252 e. The van der Waals surface area contributed by atoms with Gasteiger partial charge in [-0.05, 0) is 63.4 Å². The normalized spacial score (nSPS) is 17.9. The Morgan fingerprint density at radius 1 is 1.16 bits per heavy atom. The fourth-order valence-electron chi connectivity index (χ4n) is 3.66. The molecule has 2 fully saturated rings. The Balaban J connectivity index is 1.72. The van der Waals surface area contributed by atoms with E-state index in [9.17, 15) is 4.79 Å². The maximum atomic E-state index is 13.1. The molecule has 0 saturated heterocycles. The van der Waals surface area contributed by atoms with E-state index in [-0.39, 0.29) is 17.9 Å². The molecule has 0 atom stereocenters. The van der Waals surface area contributed by atoms with Crippen LogP contribution in [-0.2, 0) is 0 Å². The van der Waals surface area contributed by atoms with Gasteiger partial charge >= 0.3 is 0 Å². The highest BCUT2D eigenvalue weighted by Crippen LogP contribution is 2.44. The van der Waals surface area contributed by atoms with Gasteiger partial charge in [-0.3, -0.25) is 4.79 Å². The number of rotatable bonds is 6. The van der Waals surface area contributed by atoms with Crippen molar-refractivity contribution in [1.29, 1.82) is 0 Å². The number of amides is 1. The van der Waals surface area contributed by atoms with Crippen molar-refractivity contribution in [2.75, 3.05) is 0 Å². The Morgan fingerprint density at radius 2 is 1.80 bits per heavy atom. The smallest absolute Gasteiger partial charge is 0.252 e. The Bertz CT molecular complexity index is 787. The highest BCUT2D eigenvalue weighted by atomic mass is 16.1. The van der Waals surface area contributed by atoms with Crippen LogP contribution in [0.4, 0.5) is 0 Å². The minimum Gasteiger partial charge on any atom is -0.349 e. The largest absolute Gasteiger partial charge is 0.349 e. The minimum atomic E-state index is 0.0430. The second kappa shape index (κ2) is 6.11. The second-order valence-corrected chi connectivity index (χ2v) is 8.34. The van der Waals surface area contributed by atoms with Crippen molar-refractivity contribution in [3.05, 3.63) is 23.5 Å². The monoisotopic (exact) mass is 340 g/mol. The summed E-state index contributed by atoms with van der Waals surface area (Å²) in [6.45, 7) is 8.41. The van der Waals surface area contributed by atoms with Gasteiger partial charge in [0.2, 0.25) is 0 Å². The Labute approximate surface area is 149 Å². The van der Waals surface area contributed by atoms with Gasteiger partial charge < -0.3 is 5.32 Å². The van der Waals surface area contributed by atoms with Crippen molar-refractivity contribution in [2.24, 2.45) is 11.8 Å². The van der Waals surface area contributed by atoms with Crippen LogP contribution in [0.3, 0.4) is 0 Å². The molecule has 2 saturated carbocycles. The van der Waals surface area contributed by atoms with E-state index in [4.69, 9.17) is 4.98 Å². The van der Waals surface area contributed by atoms with Crippen LogP contribution in [0, 0.1) is 11.8 Å². The molecule has 0 aromatic carbocycles. The van der Waals surface area contributed by atoms with Crippen molar-refractivity contribution in [3.8, 4) is 0 Å². The van der Waals surface area contributed by atoms with Gasteiger partial charge in [-0.25, -0.2) is 9.67 Å². The standard InChI is InChI=1S/C20H28N4O/c1-11(2)17-9-15(16-10-21-24(12(3)4)19(16)22-17)20(25)23-18(13-5-6-13)14-7-8-14/h9-14,18H,5-8H2,1-4H3,(H,23,25). The van der Waals surface area contributed by atoms with Gasteiger partial charge in [0.15, 0.2) is 5.65 Å². The minimum absolute atomic E-state index is 0.0430. The number of nitrogens with zero attached hydrogens (tertiary/aromatic N) is 3. The van der Waals surface area contributed by atoms with E-state index in [0.29, 0.717) is 17.9 Å². The first-order valence-corrected chi connectivity index (χ1v) is 9.64. The van der Waals surface area contributed by atoms with Crippen LogP contribution >= 0.6 is 0 Å². The van der Waals surface area contributed by atoms with E-state index in [1.807, 2.05) is 10.7 Å². The predicted molar refractivity (Wildman–Crippen MR) is 98.7 cm³/mol. The second-order valence-electron chi connectivity index (χ2n) is 8.34. The van der Waals surface area contributed by atoms with Crippen LogP contribution in [0.5, 0.6) is 0 Å². The lowest BCUT2D eigenvalue weighted by atomic mass is 10.0. The van der Waals surface area contributed by atoms with Crippen molar-refractivity contribution in [2.45, 2.75) is 71.4 Å². The first-order valence-electron chi connectivity index (χ1n) is 9.64. The Morgan fingerprint density at radius 3 is 2.32 bits per heavy atom. The molecule has 2 aromatic rings. The van der Waals surface area contributed by atoms with E-state index in [1.54, 1.807) is 6.20 Å². The van der Waals surface area contributed by atoms with Gasteiger partial charge in [0.05, 0.1) is 17.1 Å². The molecule has 0 spiro atoms. The SMILES string of the molecule is CC(C)c1cc(C(=O)NC(C2CC2)C2CC2)c2cnn(C(C)C)c2n1. The molecule has 2 aromatic heterocycles. The van der Waals surface area contributed by atoms with E-state index in [2.05, 4.69) is 38.1 Å². The van der Waals surface area contributed by atoms with Gasteiger partial charge in [0, 0.05) is 17.8 Å². The van der Waals surface area contributed by atoms with Crippen molar-refractivity contribution in [1.82, 2.24) is 20.1 Å². The molecule has 1 amide bonds. The zero-order valence-corrected chi connectivity index (χ0v) is 15.6. The van der Waals surface area contributed by atoms with E-state index < -0.39 is 0 Å². The highest BCUT2D eigenvalue weighted by molar-refractivity contribution is 6.05. The van der Waals surface area contributed by atoms with Crippen molar-refractivity contribution in [3.63, 3.8) is 0 Å². The number of hydrogen-bond acceptors (Lipinski definition) is 3. The van der Waals surface area contributed by atoms with Crippen molar-refractivity contribution < 1.29 is 4.79 Å². The summed E-state index contributed by atoms with van der Waals surface area (Å²) in [4.78, 5) is 17.9. The zero-order chi connectivity index (χ0) is 17.7. The molecule has 2 heterocycles. The first kappa shape index (κ1) is 16.6. The average Bonchev–Trinajstić information content (AvgIpc) is 3.48. The number of carbonyl (C=O) groups excluding carboxylic acids is 1. The summed E-state index contributed by atoms with van der Waals surface area (Å²) in [5.74, 6) is 1.70. The zero-order valence-electron chi connectivity index (χ0n) is 15.6. The fraction of sp³-hybridized carbons (Fsp3) is 0.650. The number of hydrogen-bond donors (Lipinski definition) is 1. The molecule has 4 rings (SSSR count). The molecule has 134 valence electrons. The van der Waals surface area contributed by atoms with Gasteiger partial charge in [-0.15, -0.1) is 0 Å². The van der Waals surface area contributed by atoms with Gasteiger partial charge in [-0.1, -0.05) is 13.8 Å². The lowest BCUT2D eigenvalue weighted by molar-refractivity contribution is 0.0928. The van der Waals surface area contributed by atoms with Crippen LogP contribution in [0.2, 0.25) is 0 Å². The van der Waals surface area contributed by atoms with Gasteiger partial charge in [0.1, 0.15) is 0 Å². The Kier molecular flexibility index (Phi) is 4.05. The maximum absolute atomic E-state index is 13.1. The number of pyridine rings is 1. The molecular formula is C20H28N4O. The quantitative estimate of drug-likeness (QED) is 0.863. The van der Waals surface area contributed by atoms with Crippen LogP contribution in [0.15, 0.2) is 12.3 Å². The molecule has 2 aliphatic carbocycles. The third kappa shape index (κ3) is 3.16. The van der Waals surface area contributed by atoms with Crippen LogP contribution in [0.1, 0.15) is 81.4 Å². The predicted octanol–water partition coefficient (Wildman–Crippen LogP) is 4.05. The topological polar surface area (TPSA) is 59.8 Å². The first-order chi connectivity index (χ1) is 12.0. The number of aromatic nitrogens is 3. The number of fused-ring (bicyclic) bond motifs is 1. The molecular weight excluding hydrogens is 312 g/mol. The Hall–Kier alpha value is -1.91. The molecule has 25 heavy (non-hydrogen) atoms. The molecule has 0 bridgehead atoms.